The molecule has 1 N–H and O–H groups in total. The SMILES string of the molecule is CC(=O)COC(=O)CNC(=O)c1ccc(Cl)c([N+](=O)[O-])c1. The Balaban J connectivity index is 2.64. The van der Waals surface area contributed by atoms with Crippen molar-refractivity contribution >= 4 is 34.9 Å². The molecule has 112 valence electrons. The van der Waals surface area contributed by atoms with Crippen LogP contribution in [0.5, 0.6) is 0 Å². The van der Waals surface area contributed by atoms with Gasteiger partial charge in [0.05, 0.1) is 4.92 Å². The third-order valence-electron chi connectivity index (χ3n) is 2.23. The maximum atomic E-state index is 11.7. The van der Waals surface area contributed by atoms with E-state index in [4.69, 9.17) is 11.6 Å². The molecule has 0 unspecified atom stereocenters. The molecule has 0 fully saturated rings. The maximum Gasteiger partial charge on any atom is 0.325 e. The molecule has 0 aliphatic rings. The molecule has 21 heavy (non-hydrogen) atoms. The number of amides is 1. The van der Waals surface area contributed by atoms with Crippen LogP contribution in [-0.4, -0.2) is 35.7 Å². The summed E-state index contributed by atoms with van der Waals surface area (Å²) in [5.41, 5.74) is -0.436. The van der Waals surface area contributed by atoms with Gasteiger partial charge in [0.15, 0.2) is 5.78 Å². The quantitative estimate of drug-likeness (QED) is 0.477. The summed E-state index contributed by atoms with van der Waals surface area (Å²) in [5.74, 6) is -1.82. The number of nitrogens with zero attached hydrogens (tertiary/aromatic N) is 1. The topological polar surface area (TPSA) is 116 Å². The first-order valence-electron chi connectivity index (χ1n) is 5.68. The van der Waals surface area contributed by atoms with E-state index in [2.05, 4.69) is 10.1 Å². The van der Waals surface area contributed by atoms with E-state index in [1.54, 1.807) is 0 Å². The van der Waals surface area contributed by atoms with Crippen molar-refractivity contribution in [2.75, 3.05) is 13.2 Å². The minimum Gasteiger partial charge on any atom is -0.456 e. The van der Waals surface area contributed by atoms with E-state index in [1.807, 2.05) is 0 Å². The Morgan fingerprint density at radius 1 is 1.38 bits per heavy atom. The molecule has 0 heterocycles. The molecule has 0 spiro atoms. The minimum atomic E-state index is -0.790. The predicted octanol–water partition coefficient (Wildman–Crippen LogP) is 1.11. The van der Waals surface area contributed by atoms with Gasteiger partial charge in [0.1, 0.15) is 18.2 Å². The normalized spacial score (nSPS) is 9.81. The fraction of sp³-hybridized carbons (Fsp3) is 0.250. The van der Waals surface area contributed by atoms with Crippen molar-refractivity contribution < 1.29 is 24.0 Å². The molecule has 0 aliphatic carbocycles. The molecule has 0 aliphatic heterocycles. The lowest BCUT2D eigenvalue weighted by atomic mass is 10.2. The standard InChI is InChI=1S/C12H11ClN2O6/c1-7(16)6-21-11(17)5-14-12(18)8-2-3-9(13)10(4-8)15(19)20/h2-4H,5-6H2,1H3,(H,14,18). The van der Waals surface area contributed by atoms with Gasteiger partial charge in [-0.3, -0.25) is 24.5 Å². The van der Waals surface area contributed by atoms with Crippen LogP contribution in [0.4, 0.5) is 5.69 Å². The summed E-state index contributed by atoms with van der Waals surface area (Å²) in [6.07, 6.45) is 0. The first kappa shape index (κ1) is 16.6. The number of nitro benzene ring substituents is 1. The average molecular weight is 315 g/mol. The molecule has 9 heteroatoms. The van der Waals surface area contributed by atoms with Crippen molar-refractivity contribution in [3.05, 3.63) is 38.9 Å². The van der Waals surface area contributed by atoms with E-state index < -0.39 is 29.0 Å². The van der Waals surface area contributed by atoms with E-state index in [0.717, 1.165) is 6.07 Å². The number of hydrogen-bond acceptors (Lipinski definition) is 6. The van der Waals surface area contributed by atoms with Crippen molar-refractivity contribution in [3.8, 4) is 0 Å². The van der Waals surface area contributed by atoms with E-state index in [0.29, 0.717) is 0 Å². The van der Waals surface area contributed by atoms with Gasteiger partial charge in [-0.1, -0.05) is 11.6 Å². The molecule has 0 bridgehead atoms. The highest BCUT2D eigenvalue weighted by Gasteiger charge is 2.17. The molecule has 0 radical (unpaired) electrons. The Labute approximate surface area is 124 Å². The summed E-state index contributed by atoms with van der Waals surface area (Å²) in [7, 11) is 0. The zero-order chi connectivity index (χ0) is 16.0. The van der Waals surface area contributed by atoms with Crippen LogP contribution in [0.2, 0.25) is 5.02 Å². The zero-order valence-corrected chi connectivity index (χ0v) is 11.7. The average Bonchev–Trinajstić information content (AvgIpc) is 2.42. The van der Waals surface area contributed by atoms with Crippen LogP contribution >= 0.6 is 11.6 Å². The van der Waals surface area contributed by atoms with Crippen LogP contribution in [-0.2, 0) is 14.3 Å². The van der Waals surface area contributed by atoms with Gasteiger partial charge in [0, 0.05) is 11.6 Å². The van der Waals surface area contributed by atoms with Crippen LogP contribution < -0.4 is 5.32 Å². The second-order valence-electron chi connectivity index (χ2n) is 3.97. The van der Waals surface area contributed by atoms with Crippen LogP contribution in [0.25, 0.3) is 0 Å². The number of carbonyl (C=O) groups excluding carboxylic acids is 3. The number of Topliss-reactive ketones (excluding diaryl/α,β-unsaturated/α-hetero) is 1. The Morgan fingerprint density at radius 3 is 2.62 bits per heavy atom. The zero-order valence-electron chi connectivity index (χ0n) is 10.9. The van der Waals surface area contributed by atoms with E-state index >= 15 is 0 Å². The van der Waals surface area contributed by atoms with Crippen molar-refractivity contribution in [2.45, 2.75) is 6.92 Å². The Kier molecular flexibility index (Phi) is 5.79. The lowest BCUT2D eigenvalue weighted by Crippen LogP contribution is -2.31. The number of esters is 1. The fourth-order valence-corrected chi connectivity index (χ4v) is 1.47. The summed E-state index contributed by atoms with van der Waals surface area (Å²) in [6.45, 7) is 0.419. The van der Waals surface area contributed by atoms with E-state index in [-0.39, 0.29) is 23.0 Å². The predicted molar refractivity (Wildman–Crippen MR) is 72.1 cm³/mol. The van der Waals surface area contributed by atoms with Crippen molar-refractivity contribution in [2.24, 2.45) is 0 Å². The number of carbonyl (C=O) groups is 3. The number of benzene rings is 1. The second-order valence-corrected chi connectivity index (χ2v) is 4.38. The second kappa shape index (κ2) is 7.34. The molecule has 0 aromatic heterocycles. The summed E-state index contributed by atoms with van der Waals surface area (Å²) in [6, 6.07) is 3.49. The fourth-order valence-electron chi connectivity index (χ4n) is 1.28. The van der Waals surface area contributed by atoms with E-state index in [1.165, 1.54) is 19.1 Å². The van der Waals surface area contributed by atoms with Gasteiger partial charge in [-0.15, -0.1) is 0 Å². The summed E-state index contributed by atoms with van der Waals surface area (Å²) >= 11 is 5.61. The van der Waals surface area contributed by atoms with Gasteiger partial charge in [0.2, 0.25) is 0 Å². The molecule has 0 saturated carbocycles. The highest BCUT2D eigenvalue weighted by molar-refractivity contribution is 6.32. The molecule has 0 saturated heterocycles. The molecule has 8 nitrogen and oxygen atoms in total. The lowest BCUT2D eigenvalue weighted by Gasteiger charge is -2.05. The number of rotatable bonds is 6. The molecular weight excluding hydrogens is 304 g/mol. The molecular formula is C12H11ClN2O6. The number of nitro groups is 1. The number of ketones is 1. The highest BCUT2D eigenvalue weighted by atomic mass is 35.5. The molecule has 1 rings (SSSR count). The monoisotopic (exact) mass is 314 g/mol. The molecule has 1 aromatic carbocycles. The van der Waals surface area contributed by atoms with Crippen molar-refractivity contribution in [1.29, 1.82) is 0 Å². The molecule has 1 aromatic rings. The van der Waals surface area contributed by atoms with Gasteiger partial charge in [-0.2, -0.15) is 0 Å². The van der Waals surface area contributed by atoms with E-state index in [9.17, 15) is 24.5 Å². The Hall–Kier alpha value is -2.48. The summed E-state index contributed by atoms with van der Waals surface area (Å²) in [5, 5.41) is 12.8. The largest absolute Gasteiger partial charge is 0.456 e. The number of halogens is 1. The van der Waals surface area contributed by atoms with Crippen molar-refractivity contribution in [3.63, 3.8) is 0 Å². The Morgan fingerprint density at radius 2 is 2.05 bits per heavy atom. The summed E-state index contributed by atoms with van der Waals surface area (Å²) < 4.78 is 4.54. The van der Waals surface area contributed by atoms with Gasteiger partial charge in [-0.05, 0) is 19.1 Å². The van der Waals surface area contributed by atoms with Crippen LogP contribution in [0, 0.1) is 10.1 Å². The Bertz CT molecular complexity index is 601. The molecule has 0 atom stereocenters. The molecule has 1 amide bonds. The smallest absolute Gasteiger partial charge is 0.325 e. The third kappa shape index (κ3) is 5.19. The first-order chi connectivity index (χ1) is 9.81. The minimum absolute atomic E-state index is 0.0227. The van der Waals surface area contributed by atoms with Gasteiger partial charge in [0.25, 0.3) is 11.6 Å². The third-order valence-corrected chi connectivity index (χ3v) is 2.55. The lowest BCUT2D eigenvalue weighted by molar-refractivity contribution is -0.384. The van der Waals surface area contributed by atoms with Crippen LogP contribution in [0.1, 0.15) is 17.3 Å². The van der Waals surface area contributed by atoms with Gasteiger partial charge in [-0.25, -0.2) is 0 Å². The van der Waals surface area contributed by atoms with Crippen LogP contribution in [0.3, 0.4) is 0 Å². The number of nitrogens with one attached hydrogen (secondary N) is 1. The van der Waals surface area contributed by atoms with Gasteiger partial charge < -0.3 is 10.1 Å². The number of hydrogen-bond donors (Lipinski definition) is 1. The van der Waals surface area contributed by atoms with Crippen LogP contribution in [0.15, 0.2) is 18.2 Å². The summed E-state index contributed by atoms with van der Waals surface area (Å²) in [4.78, 5) is 43.5. The first-order valence-corrected chi connectivity index (χ1v) is 6.06. The highest BCUT2D eigenvalue weighted by Crippen LogP contribution is 2.24. The van der Waals surface area contributed by atoms with Crippen molar-refractivity contribution in [1.82, 2.24) is 5.32 Å². The maximum absolute atomic E-state index is 11.7. The number of ether oxygens (including phenoxy) is 1. The van der Waals surface area contributed by atoms with Gasteiger partial charge >= 0.3 is 5.97 Å².